The van der Waals surface area contributed by atoms with Gasteiger partial charge in [0.1, 0.15) is 5.56 Å². The molecule has 2 aromatic rings. The highest BCUT2D eigenvalue weighted by molar-refractivity contribution is 7.71. The van der Waals surface area contributed by atoms with E-state index in [0.29, 0.717) is 5.69 Å². The summed E-state index contributed by atoms with van der Waals surface area (Å²) in [5.74, 6) is -0.306. The number of aromatic nitrogens is 2. The van der Waals surface area contributed by atoms with Gasteiger partial charge in [0, 0.05) is 0 Å². The maximum atomic E-state index is 11.5. The average molecular weight is 274 g/mol. The van der Waals surface area contributed by atoms with Crippen LogP contribution in [0.4, 0.5) is 5.69 Å². The minimum atomic E-state index is -0.493. The van der Waals surface area contributed by atoms with Gasteiger partial charge in [-0.2, -0.15) is 10.2 Å². The Morgan fingerprint density at radius 2 is 1.95 bits per heavy atom. The molecule has 0 bridgehead atoms. The second-order valence-electron chi connectivity index (χ2n) is 3.54. The maximum absolute atomic E-state index is 11.5. The van der Waals surface area contributed by atoms with E-state index in [4.69, 9.17) is 12.2 Å². The Labute approximate surface area is 113 Å². The fourth-order valence-electron chi connectivity index (χ4n) is 1.34. The van der Waals surface area contributed by atoms with E-state index >= 15 is 0 Å². The molecule has 3 N–H and O–H groups in total. The molecule has 0 fully saturated rings. The molecule has 0 atom stereocenters. The van der Waals surface area contributed by atoms with E-state index in [1.54, 1.807) is 12.1 Å². The van der Waals surface area contributed by atoms with E-state index in [9.17, 15) is 9.90 Å². The standard InChI is InChI=1S/C12H10N4O2S/c17-10-9(11(18)15-12(19)14-10)6-7-13-16-8-4-2-1-3-5-8/h1-7H,(H3,14,15,17,18,19). The molecule has 0 radical (unpaired) electrons. The molecule has 96 valence electrons. The number of hydrogen-bond donors (Lipinski definition) is 3. The summed E-state index contributed by atoms with van der Waals surface area (Å²) in [7, 11) is 0. The summed E-state index contributed by atoms with van der Waals surface area (Å²) < 4.78 is 0.0607. The van der Waals surface area contributed by atoms with Crippen molar-refractivity contribution in [2.75, 3.05) is 0 Å². The second-order valence-corrected chi connectivity index (χ2v) is 3.95. The average Bonchev–Trinajstić information content (AvgIpc) is 2.38. The van der Waals surface area contributed by atoms with E-state index in [1.807, 2.05) is 18.2 Å². The lowest BCUT2D eigenvalue weighted by Gasteiger charge is -1.96. The fraction of sp³-hybridized carbons (Fsp3) is 0. The number of rotatable bonds is 3. The van der Waals surface area contributed by atoms with E-state index < -0.39 is 5.56 Å². The molecule has 0 aliphatic rings. The zero-order chi connectivity index (χ0) is 13.7. The van der Waals surface area contributed by atoms with E-state index in [1.165, 1.54) is 12.3 Å². The molecule has 0 unspecified atom stereocenters. The van der Waals surface area contributed by atoms with Gasteiger partial charge in [-0.25, -0.2) is 0 Å². The van der Waals surface area contributed by atoms with Crippen LogP contribution in [0.25, 0.3) is 6.08 Å². The third-order valence-corrected chi connectivity index (χ3v) is 2.40. The zero-order valence-electron chi connectivity index (χ0n) is 9.70. The van der Waals surface area contributed by atoms with Crippen molar-refractivity contribution in [2.24, 2.45) is 10.2 Å². The lowest BCUT2D eigenvalue weighted by atomic mass is 10.3. The highest BCUT2D eigenvalue weighted by Crippen LogP contribution is 2.12. The Bertz CT molecular complexity index is 731. The number of hydrogen-bond acceptors (Lipinski definition) is 5. The van der Waals surface area contributed by atoms with Crippen molar-refractivity contribution in [3.8, 4) is 5.88 Å². The van der Waals surface area contributed by atoms with Crippen LogP contribution < -0.4 is 5.56 Å². The van der Waals surface area contributed by atoms with Gasteiger partial charge in [0.15, 0.2) is 4.77 Å². The van der Waals surface area contributed by atoms with Gasteiger partial charge in [-0.15, -0.1) is 0 Å². The SMILES string of the molecule is O=c1[nH]c(=S)[nH]c(O)c1C=CN=Nc1ccccc1. The van der Waals surface area contributed by atoms with Gasteiger partial charge in [-0.05, 0) is 30.4 Å². The summed E-state index contributed by atoms with van der Waals surface area (Å²) in [6.45, 7) is 0. The largest absolute Gasteiger partial charge is 0.494 e. The van der Waals surface area contributed by atoms with Crippen molar-refractivity contribution in [1.82, 2.24) is 9.97 Å². The highest BCUT2D eigenvalue weighted by Gasteiger charge is 2.02. The molecule has 0 amide bonds. The maximum Gasteiger partial charge on any atom is 0.262 e. The van der Waals surface area contributed by atoms with Gasteiger partial charge in [0.05, 0.1) is 11.9 Å². The monoisotopic (exact) mass is 274 g/mol. The molecule has 19 heavy (non-hydrogen) atoms. The Morgan fingerprint density at radius 1 is 1.21 bits per heavy atom. The van der Waals surface area contributed by atoms with Crippen molar-refractivity contribution in [2.45, 2.75) is 0 Å². The predicted octanol–water partition coefficient (Wildman–Crippen LogP) is 2.89. The number of nitrogens with zero attached hydrogens (tertiary/aromatic N) is 2. The first-order chi connectivity index (χ1) is 9.16. The molecule has 1 aromatic heterocycles. The van der Waals surface area contributed by atoms with Gasteiger partial charge >= 0.3 is 0 Å². The molecule has 7 heteroatoms. The Hall–Kier alpha value is -2.54. The number of benzene rings is 1. The highest BCUT2D eigenvalue weighted by atomic mass is 32.1. The number of H-pyrrole nitrogens is 2. The molecule has 0 aliphatic heterocycles. The minimum Gasteiger partial charge on any atom is -0.494 e. The van der Waals surface area contributed by atoms with Gasteiger partial charge in [0.2, 0.25) is 5.88 Å². The topological polar surface area (TPSA) is 93.6 Å². The normalized spacial score (nSPS) is 11.4. The number of aromatic amines is 2. The quantitative estimate of drug-likeness (QED) is 0.593. The van der Waals surface area contributed by atoms with Crippen LogP contribution in [0.1, 0.15) is 5.56 Å². The molecular weight excluding hydrogens is 264 g/mol. The van der Waals surface area contributed by atoms with Crippen molar-refractivity contribution in [1.29, 1.82) is 0 Å². The molecule has 1 aromatic carbocycles. The van der Waals surface area contributed by atoms with Crippen LogP contribution in [-0.2, 0) is 0 Å². The molecule has 0 saturated heterocycles. The molecule has 0 spiro atoms. The first-order valence-corrected chi connectivity index (χ1v) is 5.75. The van der Waals surface area contributed by atoms with Crippen LogP contribution in [0, 0.1) is 4.77 Å². The molecule has 2 rings (SSSR count). The summed E-state index contributed by atoms with van der Waals surface area (Å²) >= 11 is 4.71. The van der Waals surface area contributed by atoms with E-state index in [0.717, 1.165) is 0 Å². The van der Waals surface area contributed by atoms with Gasteiger partial charge in [-0.1, -0.05) is 18.2 Å². The lowest BCUT2D eigenvalue weighted by molar-refractivity contribution is 0.448. The summed E-state index contributed by atoms with van der Waals surface area (Å²) in [6.07, 6.45) is 2.65. The summed E-state index contributed by atoms with van der Waals surface area (Å²) in [5, 5.41) is 17.2. The number of azo groups is 1. The van der Waals surface area contributed by atoms with Gasteiger partial charge < -0.3 is 10.1 Å². The molecule has 0 saturated carbocycles. The van der Waals surface area contributed by atoms with Crippen molar-refractivity contribution >= 4 is 24.0 Å². The smallest absolute Gasteiger partial charge is 0.262 e. The van der Waals surface area contributed by atoms with Crippen molar-refractivity contribution in [3.05, 3.63) is 57.2 Å². The Morgan fingerprint density at radius 3 is 2.63 bits per heavy atom. The van der Waals surface area contributed by atoms with Crippen molar-refractivity contribution < 1.29 is 5.11 Å². The Balaban J connectivity index is 2.19. The minimum absolute atomic E-state index is 0.0422. The predicted molar refractivity (Wildman–Crippen MR) is 73.9 cm³/mol. The zero-order valence-corrected chi connectivity index (χ0v) is 10.5. The summed E-state index contributed by atoms with van der Waals surface area (Å²) in [5.41, 5.74) is 0.241. The van der Waals surface area contributed by atoms with Crippen LogP contribution in [-0.4, -0.2) is 15.1 Å². The summed E-state index contributed by atoms with van der Waals surface area (Å²) in [6, 6.07) is 9.14. The number of aromatic hydroxyl groups is 1. The molecular formula is C12H10N4O2S. The molecule has 0 aliphatic carbocycles. The second kappa shape index (κ2) is 5.87. The van der Waals surface area contributed by atoms with Crippen LogP contribution >= 0.6 is 12.2 Å². The van der Waals surface area contributed by atoms with Crippen LogP contribution in [0.3, 0.4) is 0 Å². The third-order valence-electron chi connectivity index (χ3n) is 2.20. The van der Waals surface area contributed by atoms with Gasteiger partial charge in [0.25, 0.3) is 5.56 Å². The third kappa shape index (κ3) is 3.46. The van der Waals surface area contributed by atoms with Crippen LogP contribution in [0.15, 0.2) is 51.6 Å². The van der Waals surface area contributed by atoms with Gasteiger partial charge in [-0.3, -0.25) is 9.78 Å². The Kier molecular flexibility index (Phi) is 3.99. The van der Waals surface area contributed by atoms with Crippen LogP contribution in [0.5, 0.6) is 5.88 Å². The molecule has 1 heterocycles. The van der Waals surface area contributed by atoms with E-state index in [2.05, 4.69) is 20.2 Å². The first kappa shape index (κ1) is 12.9. The first-order valence-electron chi connectivity index (χ1n) is 5.35. The fourth-order valence-corrected chi connectivity index (χ4v) is 1.53. The lowest BCUT2D eigenvalue weighted by Crippen LogP contribution is -2.10. The summed E-state index contributed by atoms with van der Waals surface area (Å²) in [4.78, 5) is 16.3. The number of nitrogens with one attached hydrogen (secondary N) is 2. The van der Waals surface area contributed by atoms with Crippen molar-refractivity contribution in [3.63, 3.8) is 0 Å². The van der Waals surface area contributed by atoms with Crippen LogP contribution in [0.2, 0.25) is 0 Å². The van der Waals surface area contributed by atoms with E-state index in [-0.39, 0.29) is 16.2 Å². The molecule has 6 nitrogen and oxygen atoms in total.